The summed E-state index contributed by atoms with van der Waals surface area (Å²) in [7, 11) is 0. The van der Waals surface area contributed by atoms with Crippen molar-refractivity contribution in [2.45, 2.75) is 31.7 Å². The summed E-state index contributed by atoms with van der Waals surface area (Å²) < 4.78 is 10.5. The average Bonchev–Trinajstić information content (AvgIpc) is 3.46. The first-order valence-corrected chi connectivity index (χ1v) is 10.5. The van der Waals surface area contributed by atoms with Crippen molar-refractivity contribution in [3.63, 3.8) is 0 Å². The molecule has 0 atom stereocenters. The van der Waals surface area contributed by atoms with Gasteiger partial charge in [-0.3, -0.25) is 9.59 Å². The molecule has 164 valence electrons. The van der Waals surface area contributed by atoms with Crippen molar-refractivity contribution in [1.29, 1.82) is 0 Å². The highest BCUT2D eigenvalue weighted by Gasteiger charge is 2.20. The van der Waals surface area contributed by atoms with Crippen LogP contribution in [0.5, 0.6) is 0 Å². The third-order valence-corrected chi connectivity index (χ3v) is 5.15. The quantitative estimate of drug-likeness (QED) is 0.434. The standard InChI is InChI=1S/C24H23N3O5/c28-21(15-31-23(29)14-13-22-27-19-11-5-6-12-20(19)32-22)26-18-10-4-3-9-17(18)24(30)25-16-7-1-2-8-16/h3-6,9-14,16H,1-2,7-8,15H2,(H,25,30)(H,26,28)/b14-13+. The van der Waals surface area contributed by atoms with E-state index >= 15 is 0 Å². The molecule has 4 rings (SSSR count). The lowest BCUT2D eigenvalue weighted by molar-refractivity contribution is -0.142. The number of nitrogens with one attached hydrogen (secondary N) is 2. The molecule has 0 aliphatic heterocycles. The van der Waals surface area contributed by atoms with Gasteiger partial charge in [0, 0.05) is 18.2 Å². The van der Waals surface area contributed by atoms with Crippen molar-refractivity contribution >= 4 is 40.6 Å². The molecule has 0 unspecified atom stereocenters. The zero-order valence-corrected chi connectivity index (χ0v) is 17.4. The van der Waals surface area contributed by atoms with Crippen LogP contribution in [0.2, 0.25) is 0 Å². The van der Waals surface area contributed by atoms with Gasteiger partial charge in [-0.15, -0.1) is 0 Å². The molecule has 8 nitrogen and oxygen atoms in total. The Morgan fingerprint density at radius 3 is 2.62 bits per heavy atom. The van der Waals surface area contributed by atoms with Gasteiger partial charge in [0.15, 0.2) is 12.2 Å². The van der Waals surface area contributed by atoms with Crippen LogP contribution in [-0.4, -0.2) is 35.4 Å². The second kappa shape index (κ2) is 9.91. The molecule has 1 saturated carbocycles. The van der Waals surface area contributed by atoms with E-state index in [1.54, 1.807) is 36.4 Å². The Morgan fingerprint density at radius 2 is 1.81 bits per heavy atom. The first-order chi connectivity index (χ1) is 15.6. The Kier molecular flexibility index (Phi) is 6.60. The molecule has 2 N–H and O–H groups in total. The van der Waals surface area contributed by atoms with Gasteiger partial charge < -0.3 is 19.8 Å². The molecule has 0 bridgehead atoms. The summed E-state index contributed by atoms with van der Waals surface area (Å²) in [6.07, 6.45) is 6.66. The van der Waals surface area contributed by atoms with Gasteiger partial charge in [0.2, 0.25) is 5.89 Å². The maximum absolute atomic E-state index is 12.6. The van der Waals surface area contributed by atoms with Crippen molar-refractivity contribution in [3.8, 4) is 0 Å². The summed E-state index contributed by atoms with van der Waals surface area (Å²) in [5.41, 5.74) is 2.02. The molecule has 1 aliphatic carbocycles. The van der Waals surface area contributed by atoms with Gasteiger partial charge in [-0.05, 0) is 37.1 Å². The second-order valence-electron chi connectivity index (χ2n) is 7.51. The number of carbonyl (C=O) groups is 3. The summed E-state index contributed by atoms with van der Waals surface area (Å²) in [4.78, 5) is 41.0. The Balaban J connectivity index is 1.30. The van der Waals surface area contributed by atoms with E-state index in [9.17, 15) is 14.4 Å². The fourth-order valence-corrected chi connectivity index (χ4v) is 3.60. The largest absolute Gasteiger partial charge is 0.452 e. The van der Waals surface area contributed by atoms with E-state index in [1.165, 1.54) is 6.08 Å². The van der Waals surface area contributed by atoms with Crippen LogP contribution in [0.25, 0.3) is 17.2 Å². The van der Waals surface area contributed by atoms with E-state index in [1.807, 2.05) is 12.1 Å². The van der Waals surface area contributed by atoms with Crippen molar-refractivity contribution < 1.29 is 23.5 Å². The van der Waals surface area contributed by atoms with Crippen LogP contribution < -0.4 is 10.6 Å². The number of benzene rings is 2. The van der Waals surface area contributed by atoms with E-state index < -0.39 is 18.5 Å². The zero-order valence-electron chi connectivity index (χ0n) is 17.4. The molecule has 1 fully saturated rings. The number of anilines is 1. The number of hydrogen-bond donors (Lipinski definition) is 2. The van der Waals surface area contributed by atoms with Gasteiger partial charge >= 0.3 is 5.97 Å². The molecular weight excluding hydrogens is 410 g/mol. The molecule has 8 heteroatoms. The lowest BCUT2D eigenvalue weighted by Gasteiger charge is -2.15. The minimum atomic E-state index is -0.713. The summed E-state index contributed by atoms with van der Waals surface area (Å²) >= 11 is 0. The molecule has 1 heterocycles. The SMILES string of the molecule is O=C(COC(=O)/C=C/c1nc2ccccc2o1)Nc1ccccc1C(=O)NC1CCCC1. The number of hydrogen-bond acceptors (Lipinski definition) is 6. The van der Waals surface area contributed by atoms with Gasteiger partial charge in [-0.2, -0.15) is 0 Å². The number of esters is 1. The molecule has 2 amide bonds. The number of aromatic nitrogens is 1. The molecule has 1 aromatic heterocycles. The van der Waals surface area contributed by atoms with Crippen LogP contribution >= 0.6 is 0 Å². The Labute approximate surface area is 184 Å². The number of amides is 2. The maximum Gasteiger partial charge on any atom is 0.331 e. The third-order valence-electron chi connectivity index (χ3n) is 5.15. The minimum Gasteiger partial charge on any atom is -0.452 e. The van der Waals surface area contributed by atoms with Crippen LogP contribution in [0, 0.1) is 0 Å². The fourth-order valence-electron chi connectivity index (χ4n) is 3.60. The fraction of sp³-hybridized carbons (Fsp3) is 0.250. The van der Waals surface area contributed by atoms with Crippen molar-refractivity contribution in [2.75, 3.05) is 11.9 Å². The lowest BCUT2D eigenvalue weighted by atomic mass is 10.1. The molecule has 0 radical (unpaired) electrons. The van der Waals surface area contributed by atoms with Gasteiger partial charge in [-0.1, -0.05) is 37.1 Å². The average molecular weight is 433 g/mol. The summed E-state index contributed by atoms with van der Waals surface area (Å²) in [6.45, 7) is -0.491. The third kappa shape index (κ3) is 5.40. The molecular formula is C24H23N3O5. The summed E-state index contributed by atoms with van der Waals surface area (Å²) in [6, 6.07) is 14.1. The zero-order chi connectivity index (χ0) is 22.3. The van der Waals surface area contributed by atoms with Gasteiger partial charge in [0.1, 0.15) is 5.52 Å². The number of para-hydroxylation sites is 3. The highest BCUT2D eigenvalue weighted by molar-refractivity contribution is 6.04. The highest BCUT2D eigenvalue weighted by atomic mass is 16.5. The number of nitrogens with zero attached hydrogens (tertiary/aromatic N) is 1. The van der Waals surface area contributed by atoms with Gasteiger partial charge in [0.25, 0.3) is 11.8 Å². The van der Waals surface area contributed by atoms with Crippen LogP contribution in [-0.2, 0) is 14.3 Å². The summed E-state index contributed by atoms with van der Waals surface area (Å²) in [5.74, 6) is -1.23. The summed E-state index contributed by atoms with van der Waals surface area (Å²) in [5, 5.41) is 5.63. The second-order valence-corrected chi connectivity index (χ2v) is 7.51. The topological polar surface area (TPSA) is 111 Å². The van der Waals surface area contributed by atoms with E-state index in [0.717, 1.165) is 31.8 Å². The predicted molar refractivity (Wildman–Crippen MR) is 119 cm³/mol. The Bertz CT molecular complexity index is 1130. The molecule has 3 aromatic rings. The Morgan fingerprint density at radius 1 is 1.06 bits per heavy atom. The minimum absolute atomic E-state index is 0.167. The predicted octanol–water partition coefficient (Wildman–Crippen LogP) is 3.70. The van der Waals surface area contributed by atoms with E-state index in [0.29, 0.717) is 22.4 Å². The van der Waals surface area contributed by atoms with Gasteiger partial charge in [0.05, 0.1) is 11.3 Å². The number of oxazole rings is 1. The van der Waals surface area contributed by atoms with Crippen LogP contribution in [0.4, 0.5) is 5.69 Å². The van der Waals surface area contributed by atoms with E-state index in [2.05, 4.69) is 15.6 Å². The number of fused-ring (bicyclic) bond motifs is 1. The number of ether oxygens (including phenoxy) is 1. The van der Waals surface area contributed by atoms with E-state index in [-0.39, 0.29) is 17.8 Å². The van der Waals surface area contributed by atoms with Crippen LogP contribution in [0.15, 0.2) is 59.0 Å². The van der Waals surface area contributed by atoms with Crippen molar-refractivity contribution in [3.05, 3.63) is 66.1 Å². The molecule has 0 saturated heterocycles. The van der Waals surface area contributed by atoms with E-state index in [4.69, 9.17) is 9.15 Å². The van der Waals surface area contributed by atoms with Gasteiger partial charge in [-0.25, -0.2) is 9.78 Å². The van der Waals surface area contributed by atoms with Crippen LogP contribution in [0.3, 0.4) is 0 Å². The first-order valence-electron chi connectivity index (χ1n) is 10.5. The molecule has 32 heavy (non-hydrogen) atoms. The molecule has 1 aliphatic rings. The highest BCUT2D eigenvalue weighted by Crippen LogP contribution is 2.20. The van der Waals surface area contributed by atoms with Crippen LogP contribution in [0.1, 0.15) is 41.9 Å². The molecule has 2 aromatic carbocycles. The van der Waals surface area contributed by atoms with Crippen molar-refractivity contribution in [1.82, 2.24) is 10.3 Å². The number of carbonyl (C=O) groups excluding carboxylic acids is 3. The molecule has 0 spiro atoms. The maximum atomic E-state index is 12.6. The number of rotatable bonds is 7. The normalized spacial score (nSPS) is 14.0. The lowest BCUT2D eigenvalue weighted by Crippen LogP contribution is -2.33. The van der Waals surface area contributed by atoms with Crippen molar-refractivity contribution in [2.24, 2.45) is 0 Å². The first kappa shape index (κ1) is 21.3. The Hall–Kier alpha value is -3.94. The monoisotopic (exact) mass is 433 g/mol. The smallest absolute Gasteiger partial charge is 0.331 e.